The number of methoxy groups -OCH3 is 2. The van der Waals surface area contributed by atoms with Crippen LogP contribution in [0.1, 0.15) is 76.2 Å². The molecule has 4 aliphatic rings. The van der Waals surface area contributed by atoms with Crippen LogP contribution in [-0.2, 0) is 11.3 Å². The summed E-state index contributed by atoms with van der Waals surface area (Å²) in [6.45, 7) is 2.46. The number of ether oxygens (including phenoxy) is 2. The first kappa shape index (κ1) is 28.2. The molecule has 2 aromatic carbocycles. The summed E-state index contributed by atoms with van der Waals surface area (Å²) in [6.07, 6.45) is 3.08. The predicted octanol–water partition coefficient (Wildman–Crippen LogP) is 4.19. The first-order valence-electron chi connectivity index (χ1n) is 15.4. The molecule has 1 fully saturated rings. The van der Waals surface area contributed by atoms with E-state index in [2.05, 4.69) is 0 Å². The van der Waals surface area contributed by atoms with E-state index < -0.39 is 6.17 Å². The molecule has 10 nitrogen and oxygen atoms in total. The molecule has 7 rings (SSSR count). The van der Waals surface area contributed by atoms with E-state index in [4.69, 9.17) is 9.47 Å². The van der Waals surface area contributed by atoms with E-state index >= 15 is 0 Å². The molecule has 3 aromatic rings. The van der Waals surface area contributed by atoms with Crippen LogP contribution in [0.2, 0.25) is 0 Å². The number of carbonyl (C=O) groups is 3. The van der Waals surface area contributed by atoms with Gasteiger partial charge in [0, 0.05) is 55.8 Å². The first-order chi connectivity index (χ1) is 21.4. The summed E-state index contributed by atoms with van der Waals surface area (Å²) in [4.78, 5) is 58.6. The van der Waals surface area contributed by atoms with Crippen molar-refractivity contribution in [2.75, 3.05) is 38.8 Å². The third-order valence-electron chi connectivity index (χ3n) is 9.61. The molecule has 228 valence electrons. The van der Waals surface area contributed by atoms with Crippen LogP contribution in [0.4, 0.5) is 5.69 Å². The second-order valence-corrected chi connectivity index (χ2v) is 12.1. The van der Waals surface area contributed by atoms with Crippen LogP contribution >= 0.6 is 0 Å². The quantitative estimate of drug-likeness (QED) is 0.362. The number of anilines is 1. The van der Waals surface area contributed by atoms with E-state index in [9.17, 15) is 19.2 Å². The summed E-state index contributed by atoms with van der Waals surface area (Å²) in [6, 6.07) is 16.3. The smallest absolute Gasteiger partial charge is 0.264 e. The first-order valence-corrected chi connectivity index (χ1v) is 15.4. The Morgan fingerprint density at radius 2 is 1.70 bits per heavy atom. The molecule has 4 aliphatic heterocycles. The summed E-state index contributed by atoms with van der Waals surface area (Å²) >= 11 is 0. The maximum absolute atomic E-state index is 13.8. The Hall–Kier alpha value is -4.60. The Morgan fingerprint density at radius 3 is 2.52 bits per heavy atom. The average Bonchev–Trinajstić information content (AvgIpc) is 3.34. The molecule has 44 heavy (non-hydrogen) atoms. The van der Waals surface area contributed by atoms with Gasteiger partial charge in [-0.1, -0.05) is 30.7 Å². The molecule has 3 atom stereocenters. The molecule has 1 saturated heterocycles. The molecule has 3 unspecified atom stereocenters. The third kappa shape index (κ3) is 4.46. The van der Waals surface area contributed by atoms with Gasteiger partial charge < -0.3 is 23.8 Å². The number of unbranched alkanes of at least 4 members (excludes halogenated alkanes) is 2. The number of carbonyl (C=O) groups excluding carboxylic acids is 3. The van der Waals surface area contributed by atoms with Crippen molar-refractivity contribution in [2.24, 2.45) is 5.92 Å². The Morgan fingerprint density at radius 1 is 0.864 bits per heavy atom. The van der Waals surface area contributed by atoms with Gasteiger partial charge in [-0.3, -0.25) is 24.1 Å². The summed E-state index contributed by atoms with van der Waals surface area (Å²) < 4.78 is 12.9. The largest absolute Gasteiger partial charge is 0.493 e. The topological polar surface area (TPSA) is 101 Å². The highest BCUT2D eigenvalue weighted by molar-refractivity contribution is 6.18. The van der Waals surface area contributed by atoms with Gasteiger partial charge >= 0.3 is 0 Å². The van der Waals surface area contributed by atoms with Crippen molar-refractivity contribution in [3.8, 4) is 11.5 Å². The highest BCUT2D eigenvalue weighted by Gasteiger charge is 2.49. The van der Waals surface area contributed by atoms with Gasteiger partial charge in [0.25, 0.3) is 17.4 Å². The lowest BCUT2D eigenvalue weighted by Crippen LogP contribution is -2.49. The van der Waals surface area contributed by atoms with E-state index in [-0.39, 0.29) is 29.2 Å². The van der Waals surface area contributed by atoms with Crippen molar-refractivity contribution in [3.05, 3.63) is 87.3 Å². The van der Waals surface area contributed by atoms with Crippen LogP contribution in [0.3, 0.4) is 0 Å². The number of hydrogen-bond donors (Lipinski definition) is 0. The highest BCUT2D eigenvalue weighted by Crippen LogP contribution is 2.49. The van der Waals surface area contributed by atoms with E-state index in [1.807, 2.05) is 45.9 Å². The monoisotopic (exact) mass is 596 g/mol. The second kappa shape index (κ2) is 11.2. The molecule has 2 bridgehead atoms. The maximum atomic E-state index is 13.8. The summed E-state index contributed by atoms with van der Waals surface area (Å²) in [7, 11) is 3.04. The zero-order chi connectivity index (χ0) is 30.5. The number of likely N-dealkylation sites (tertiary alicyclic amines) is 1. The molecule has 3 amide bonds. The molecule has 10 heteroatoms. The van der Waals surface area contributed by atoms with Gasteiger partial charge in [-0.2, -0.15) is 0 Å². The second-order valence-electron chi connectivity index (χ2n) is 12.1. The third-order valence-corrected chi connectivity index (χ3v) is 9.61. The van der Waals surface area contributed by atoms with Gasteiger partial charge in [0.15, 0.2) is 11.5 Å². The number of rotatable bonds is 8. The lowest BCUT2D eigenvalue weighted by Gasteiger charge is -2.42. The van der Waals surface area contributed by atoms with E-state index in [0.717, 1.165) is 18.5 Å². The maximum Gasteiger partial charge on any atom is 0.264 e. The molecule has 0 saturated carbocycles. The summed E-state index contributed by atoms with van der Waals surface area (Å²) in [5.41, 5.74) is 3.29. The fourth-order valence-corrected chi connectivity index (χ4v) is 7.64. The van der Waals surface area contributed by atoms with Gasteiger partial charge in [0.2, 0.25) is 5.91 Å². The van der Waals surface area contributed by atoms with Crippen LogP contribution in [0.5, 0.6) is 11.5 Å². The van der Waals surface area contributed by atoms with Crippen LogP contribution in [-0.4, -0.2) is 65.9 Å². The Labute approximate surface area is 255 Å². The van der Waals surface area contributed by atoms with Crippen LogP contribution < -0.4 is 19.9 Å². The number of fused-ring (bicyclic) bond motifs is 9. The van der Waals surface area contributed by atoms with Crippen molar-refractivity contribution in [1.29, 1.82) is 0 Å². The fourth-order valence-electron chi connectivity index (χ4n) is 7.64. The summed E-state index contributed by atoms with van der Waals surface area (Å²) in [5, 5.41) is 0. The van der Waals surface area contributed by atoms with E-state index in [1.165, 1.54) is 14.2 Å². The number of amides is 3. The van der Waals surface area contributed by atoms with Gasteiger partial charge in [0.1, 0.15) is 6.17 Å². The Bertz CT molecular complexity index is 1720. The van der Waals surface area contributed by atoms with Crippen LogP contribution in [0.15, 0.2) is 59.4 Å². The minimum atomic E-state index is -0.579. The van der Waals surface area contributed by atoms with Crippen LogP contribution in [0, 0.1) is 5.92 Å². The molecule has 1 aromatic heterocycles. The zero-order valence-corrected chi connectivity index (χ0v) is 25.0. The lowest BCUT2D eigenvalue weighted by molar-refractivity contribution is -0.134. The predicted molar refractivity (Wildman–Crippen MR) is 163 cm³/mol. The van der Waals surface area contributed by atoms with Gasteiger partial charge in [-0.15, -0.1) is 0 Å². The number of nitrogens with zero attached hydrogens (tertiary/aromatic N) is 4. The molecule has 0 radical (unpaired) electrons. The molecule has 5 heterocycles. The SMILES string of the molecule is COc1ccc2c(c1OC)C(=O)N1c3ccccc3C(=O)N(CCCCCC(=O)N3CC4CC(C3)c3cccc(=O)n3C4)C21. The normalized spacial score (nSPS) is 21.4. The molecular weight excluding hydrogens is 560 g/mol. The number of pyridine rings is 1. The van der Waals surface area contributed by atoms with Gasteiger partial charge in [-0.25, -0.2) is 0 Å². The Kier molecular flexibility index (Phi) is 7.14. The average molecular weight is 597 g/mol. The van der Waals surface area contributed by atoms with Gasteiger partial charge in [0.05, 0.1) is 31.0 Å². The number of hydrogen-bond acceptors (Lipinski definition) is 6. The lowest BCUT2D eigenvalue weighted by atomic mass is 9.83. The van der Waals surface area contributed by atoms with E-state index in [1.54, 1.807) is 28.0 Å². The standard InChI is InChI=1S/C34H36N4O6/c1-43-27-15-14-24-30(31(27)44-2)34(42)38-26-10-6-5-9-23(26)33(41)36(32(24)38)16-7-3-4-12-28(39)35-18-21-17-22(20-35)25-11-8-13-29(40)37(25)19-21/h5-6,8-11,13-15,21-22,32H,3-4,7,12,16-20H2,1-2H3. The van der Waals surface area contributed by atoms with E-state index in [0.29, 0.717) is 85.2 Å². The Balaban J connectivity index is 1.02. The number of para-hydroxylation sites is 1. The number of piperidine rings is 1. The molecular formula is C34H36N4O6. The minimum absolute atomic E-state index is 0.0418. The molecule has 0 N–H and O–H groups in total. The minimum Gasteiger partial charge on any atom is -0.493 e. The van der Waals surface area contributed by atoms with Crippen molar-refractivity contribution >= 4 is 23.4 Å². The summed E-state index contributed by atoms with van der Waals surface area (Å²) in [5.74, 6) is 1.14. The van der Waals surface area contributed by atoms with Crippen LogP contribution in [0.25, 0.3) is 0 Å². The number of benzene rings is 2. The number of aromatic nitrogens is 1. The van der Waals surface area contributed by atoms with Crippen molar-refractivity contribution in [3.63, 3.8) is 0 Å². The van der Waals surface area contributed by atoms with Crippen molar-refractivity contribution in [2.45, 2.75) is 50.7 Å². The zero-order valence-electron chi connectivity index (χ0n) is 25.0. The molecule has 0 spiro atoms. The van der Waals surface area contributed by atoms with Crippen molar-refractivity contribution in [1.82, 2.24) is 14.4 Å². The molecule has 0 aliphatic carbocycles. The fraction of sp³-hybridized carbons (Fsp3) is 0.412. The van der Waals surface area contributed by atoms with Crippen molar-refractivity contribution < 1.29 is 23.9 Å². The van der Waals surface area contributed by atoms with Gasteiger partial charge in [-0.05, 0) is 49.4 Å². The highest BCUT2D eigenvalue weighted by atomic mass is 16.5.